The summed E-state index contributed by atoms with van der Waals surface area (Å²) in [6.07, 6.45) is 0.651. The molecule has 0 saturated heterocycles. The minimum Gasteiger partial charge on any atom is -0.298 e. The van der Waals surface area contributed by atoms with E-state index in [1.165, 1.54) is 6.07 Å². The van der Waals surface area contributed by atoms with E-state index in [0.29, 0.717) is 17.4 Å². The van der Waals surface area contributed by atoms with Crippen LogP contribution < -0.4 is 0 Å². The summed E-state index contributed by atoms with van der Waals surface area (Å²) in [4.78, 5) is 11.5. The predicted octanol–water partition coefficient (Wildman–Crippen LogP) is 4.52. The third-order valence-electron chi connectivity index (χ3n) is 2.82. The van der Waals surface area contributed by atoms with Gasteiger partial charge in [0.05, 0.1) is 0 Å². The molecule has 2 aromatic carbocycles. The molecule has 0 spiro atoms. The molecule has 3 aromatic rings. The highest BCUT2D eigenvalue weighted by molar-refractivity contribution is 7.22. The van der Waals surface area contributed by atoms with Gasteiger partial charge in [-0.1, -0.05) is 24.3 Å². The van der Waals surface area contributed by atoms with Gasteiger partial charge < -0.3 is 0 Å². The zero-order valence-electron chi connectivity index (χ0n) is 9.39. The minimum atomic E-state index is -0.355. The van der Waals surface area contributed by atoms with Gasteiger partial charge in [-0.15, -0.1) is 11.3 Å². The first-order valence-electron chi connectivity index (χ1n) is 5.51. The zero-order chi connectivity index (χ0) is 12.5. The Morgan fingerprint density at radius 2 is 1.89 bits per heavy atom. The van der Waals surface area contributed by atoms with Crippen LogP contribution >= 0.6 is 11.3 Å². The molecule has 0 unspecified atom stereocenters. The second-order valence-electron chi connectivity index (χ2n) is 4.01. The molecule has 18 heavy (non-hydrogen) atoms. The lowest BCUT2D eigenvalue weighted by molar-refractivity contribution is 0.112. The third-order valence-corrected chi connectivity index (χ3v) is 3.97. The van der Waals surface area contributed by atoms with Crippen molar-refractivity contribution in [3.8, 4) is 10.4 Å². The number of hydrogen-bond acceptors (Lipinski definition) is 2. The lowest BCUT2D eigenvalue weighted by Gasteiger charge is -2.00. The minimum absolute atomic E-state index is 0.355. The summed E-state index contributed by atoms with van der Waals surface area (Å²) in [5.74, 6) is -0.355. The van der Waals surface area contributed by atoms with Crippen molar-refractivity contribution in [3.63, 3.8) is 0 Å². The maximum atomic E-state index is 13.9. The van der Waals surface area contributed by atoms with E-state index < -0.39 is 0 Å². The van der Waals surface area contributed by atoms with Gasteiger partial charge in [-0.2, -0.15) is 0 Å². The first kappa shape index (κ1) is 11.1. The molecule has 0 radical (unpaired) electrons. The van der Waals surface area contributed by atoms with E-state index in [4.69, 9.17) is 0 Å². The molecule has 0 aliphatic carbocycles. The predicted molar refractivity (Wildman–Crippen MR) is 72.6 cm³/mol. The monoisotopic (exact) mass is 256 g/mol. The van der Waals surface area contributed by atoms with Crippen molar-refractivity contribution in [1.82, 2.24) is 0 Å². The van der Waals surface area contributed by atoms with Crippen LogP contribution in [0.3, 0.4) is 0 Å². The molecule has 0 fully saturated rings. The second-order valence-corrected chi connectivity index (χ2v) is 5.09. The van der Waals surface area contributed by atoms with Gasteiger partial charge in [0.25, 0.3) is 0 Å². The highest BCUT2D eigenvalue weighted by Gasteiger charge is 2.09. The van der Waals surface area contributed by atoms with Gasteiger partial charge in [-0.25, -0.2) is 4.39 Å². The average Bonchev–Trinajstić information content (AvgIpc) is 2.81. The fourth-order valence-corrected chi connectivity index (χ4v) is 3.01. The summed E-state index contributed by atoms with van der Waals surface area (Å²) in [7, 11) is 0. The van der Waals surface area contributed by atoms with Gasteiger partial charge in [0.2, 0.25) is 0 Å². The summed E-state index contributed by atoms with van der Waals surface area (Å²) in [5.41, 5.74) is 0.902. The average molecular weight is 256 g/mol. The van der Waals surface area contributed by atoms with Crippen LogP contribution in [0, 0.1) is 5.82 Å². The summed E-state index contributed by atoms with van der Waals surface area (Å²) in [6.45, 7) is 0. The first-order valence-corrected chi connectivity index (χ1v) is 6.33. The Morgan fingerprint density at radius 1 is 1.06 bits per heavy atom. The van der Waals surface area contributed by atoms with Crippen LogP contribution in [0.2, 0.25) is 0 Å². The van der Waals surface area contributed by atoms with Crippen molar-refractivity contribution in [2.45, 2.75) is 0 Å². The molecule has 0 aliphatic heterocycles. The number of fused-ring (bicyclic) bond motifs is 1. The van der Waals surface area contributed by atoms with Crippen molar-refractivity contribution in [2.75, 3.05) is 0 Å². The van der Waals surface area contributed by atoms with E-state index in [-0.39, 0.29) is 5.82 Å². The molecule has 0 atom stereocenters. The summed E-state index contributed by atoms with van der Waals surface area (Å²) < 4.78 is 15.0. The van der Waals surface area contributed by atoms with Gasteiger partial charge in [-0.05, 0) is 29.7 Å². The van der Waals surface area contributed by atoms with E-state index in [2.05, 4.69) is 0 Å². The van der Waals surface area contributed by atoms with Gasteiger partial charge in [0.1, 0.15) is 12.1 Å². The number of carbonyl (C=O) groups is 1. The van der Waals surface area contributed by atoms with Crippen molar-refractivity contribution < 1.29 is 9.18 Å². The Labute approximate surface area is 108 Å². The molecule has 0 aliphatic rings. The van der Waals surface area contributed by atoms with Crippen molar-refractivity contribution >= 4 is 27.7 Å². The van der Waals surface area contributed by atoms with Crippen molar-refractivity contribution in [1.29, 1.82) is 0 Å². The number of carbonyl (C=O) groups excluding carboxylic acids is 1. The van der Waals surface area contributed by atoms with Crippen LogP contribution in [0.1, 0.15) is 10.4 Å². The van der Waals surface area contributed by atoms with E-state index in [1.807, 2.05) is 30.3 Å². The van der Waals surface area contributed by atoms with Crippen LogP contribution in [-0.4, -0.2) is 6.29 Å². The molecule has 1 heterocycles. The summed E-state index contributed by atoms with van der Waals surface area (Å²) in [5, 5.41) is 1.11. The number of benzene rings is 2. The zero-order valence-corrected chi connectivity index (χ0v) is 10.2. The molecule has 1 nitrogen and oxygen atoms in total. The van der Waals surface area contributed by atoms with E-state index in [0.717, 1.165) is 15.0 Å². The number of halogens is 1. The van der Waals surface area contributed by atoms with E-state index in [9.17, 15) is 9.18 Å². The Bertz CT molecular complexity index is 697. The molecular weight excluding hydrogens is 247 g/mol. The van der Waals surface area contributed by atoms with Crippen LogP contribution in [0.15, 0.2) is 48.5 Å². The molecule has 0 bridgehead atoms. The Kier molecular flexibility index (Phi) is 2.68. The Morgan fingerprint density at radius 3 is 2.61 bits per heavy atom. The normalized spacial score (nSPS) is 10.7. The molecule has 0 amide bonds. The molecular formula is C15H9FOS. The number of hydrogen-bond donors (Lipinski definition) is 0. The van der Waals surface area contributed by atoms with Gasteiger partial charge in [0.15, 0.2) is 0 Å². The lowest BCUT2D eigenvalue weighted by Crippen LogP contribution is -1.85. The highest BCUT2D eigenvalue weighted by Crippen LogP contribution is 2.34. The number of thiophene rings is 1. The molecule has 1 aromatic heterocycles. The fourth-order valence-electron chi connectivity index (χ4n) is 1.92. The topological polar surface area (TPSA) is 17.1 Å². The van der Waals surface area contributed by atoms with Gasteiger partial charge in [-0.3, -0.25) is 4.79 Å². The van der Waals surface area contributed by atoms with E-state index in [1.54, 1.807) is 23.5 Å². The maximum absolute atomic E-state index is 13.9. The fraction of sp³-hybridized carbons (Fsp3) is 0. The standard InChI is InChI=1S/C15H9FOS/c16-13-7-10(9-17)5-6-12(13)15-8-11-3-1-2-4-14(11)18-15/h1-9H. The van der Waals surface area contributed by atoms with Crippen molar-refractivity contribution in [3.05, 3.63) is 59.9 Å². The lowest BCUT2D eigenvalue weighted by atomic mass is 10.1. The SMILES string of the molecule is O=Cc1ccc(-c2cc3ccccc3s2)c(F)c1. The third kappa shape index (κ3) is 1.83. The van der Waals surface area contributed by atoms with Gasteiger partial charge in [0, 0.05) is 20.7 Å². The van der Waals surface area contributed by atoms with E-state index >= 15 is 0 Å². The molecule has 0 saturated carbocycles. The maximum Gasteiger partial charge on any atom is 0.150 e. The first-order chi connectivity index (χ1) is 8.78. The van der Waals surface area contributed by atoms with Crippen molar-refractivity contribution in [2.24, 2.45) is 0 Å². The van der Waals surface area contributed by atoms with Crippen LogP contribution in [0.25, 0.3) is 20.5 Å². The van der Waals surface area contributed by atoms with Gasteiger partial charge >= 0.3 is 0 Å². The van der Waals surface area contributed by atoms with Crippen LogP contribution in [0.4, 0.5) is 4.39 Å². The Hall–Kier alpha value is -2.00. The second kappa shape index (κ2) is 4.35. The Balaban J connectivity index is 2.16. The largest absolute Gasteiger partial charge is 0.298 e. The number of aldehydes is 1. The smallest absolute Gasteiger partial charge is 0.150 e. The number of rotatable bonds is 2. The quantitative estimate of drug-likeness (QED) is 0.616. The highest BCUT2D eigenvalue weighted by atomic mass is 32.1. The molecule has 0 N–H and O–H groups in total. The molecule has 88 valence electrons. The summed E-state index contributed by atoms with van der Waals surface area (Å²) in [6, 6.07) is 14.5. The molecule has 3 heteroatoms. The van der Waals surface area contributed by atoms with Crippen LogP contribution in [-0.2, 0) is 0 Å². The summed E-state index contributed by atoms with van der Waals surface area (Å²) >= 11 is 1.55. The molecule has 3 rings (SSSR count). The van der Waals surface area contributed by atoms with Crippen LogP contribution in [0.5, 0.6) is 0 Å².